The lowest BCUT2D eigenvalue weighted by molar-refractivity contribution is -0.128. The number of methoxy groups -OCH3 is 2. The highest BCUT2D eigenvalue weighted by molar-refractivity contribution is 14.0. The molecule has 0 radical (unpaired) electrons. The number of ether oxygens (including phenoxy) is 2. The molecule has 2 aromatic rings. The minimum atomic E-state index is 0. The molecule has 0 atom stereocenters. The number of guanidine groups is 1. The molecule has 1 fully saturated rings. The van der Waals surface area contributed by atoms with Crippen molar-refractivity contribution in [2.24, 2.45) is 4.99 Å². The van der Waals surface area contributed by atoms with E-state index >= 15 is 0 Å². The molecule has 0 saturated carbocycles. The van der Waals surface area contributed by atoms with E-state index in [0.717, 1.165) is 41.2 Å². The van der Waals surface area contributed by atoms with Crippen molar-refractivity contribution in [2.45, 2.75) is 32.5 Å². The fraction of sp³-hybridized carbons (Fsp3) is 0.391. The first kappa shape index (κ1) is 24.8. The molecule has 0 unspecified atom stereocenters. The van der Waals surface area contributed by atoms with E-state index in [-0.39, 0.29) is 29.9 Å². The summed E-state index contributed by atoms with van der Waals surface area (Å²) in [5, 5.41) is 6.63. The first-order valence-corrected chi connectivity index (χ1v) is 10.1. The predicted octanol–water partition coefficient (Wildman–Crippen LogP) is 3.31. The molecule has 3 rings (SSSR count). The number of hydrogen-bond acceptors (Lipinski definition) is 4. The van der Waals surface area contributed by atoms with E-state index in [1.165, 1.54) is 0 Å². The van der Waals surface area contributed by atoms with Crippen molar-refractivity contribution >= 4 is 35.8 Å². The average Bonchev–Trinajstić information content (AvgIpc) is 3.19. The van der Waals surface area contributed by atoms with Crippen molar-refractivity contribution < 1.29 is 14.3 Å². The van der Waals surface area contributed by atoms with E-state index in [0.29, 0.717) is 32.0 Å². The number of carbonyl (C=O) groups excluding carboxylic acids is 1. The number of rotatable bonds is 8. The zero-order valence-corrected chi connectivity index (χ0v) is 20.6. The van der Waals surface area contributed by atoms with E-state index in [1.54, 1.807) is 21.3 Å². The summed E-state index contributed by atoms with van der Waals surface area (Å²) in [5.41, 5.74) is 3.32. The van der Waals surface area contributed by atoms with Crippen LogP contribution in [0.4, 0.5) is 0 Å². The second-order valence-corrected chi connectivity index (χ2v) is 7.19. The third kappa shape index (κ3) is 7.02. The van der Waals surface area contributed by atoms with Crippen LogP contribution in [0, 0.1) is 0 Å². The zero-order valence-electron chi connectivity index (χ0n) is 18.3. The van der Waals surface area contributed by atoms with Crippen LogP contribution >= 0.6 is 24.0 Å². The first-order valence-electron chi connectivity index (χ1n) is 10.1. The Balaban J connectivity index is 0.00000341. The molecule has 7 nitrogen and oxygen atoms in total. The molecule has 168 valence electrons. The summed E-state index contributed by atoms with van der Waals surface area (Å²) in [6.07, 6.45) is 1.64. The second-order valence-electron chi connectivity index (χ2n) is 7.19. The van der Waals surface area contributed by atoms with Gasteiger partial charge in [-0.05, 0) is 29.7 Å². The normalized spacial score (nSPS) is 13.6. The van der Waals surface area contributed by atoms with Gasteiger partial charge in [0.25, 0.3) is 0 Å². The maximum absolute atomic E-state index is 11.8. The van der Waals surface area contributed by atoms with Crippen molar-refractivity contribution in [1.82, 2.24) is 15.5 Å². The summed E-state index contributed by atoms with van der Waals surface area (Å²) < 4.78 is 10.7. The molecule has 0 aromatic heterocycles. The van der Waals surface area contributed by atoms with Gasteiger partial charge in [0.15, 0.2) is 5.96 Å². The largest absolute Gasteiger partial charge is 0.497 e. The average molecular weight is 538 g/mol. The minimum Gasteiger partial charge on any atom is -0.497 e. The molecule has 2 N–H and O–H groups in total. The molecule has 1 aliphatic rings. The Morgan fingerprint density at radius 3 is 2.35 bits per heavy atom. The first-order chi connectivity index (χ1) is 14.6. The Morgan fingerprint density at radius 1 is 1.03 bits per heavy atom. The second kappa shape index (κ2) is 12.4. The molecular formula is C23H31IN4O3. The molecule has 2 aromatic carbocycles. The summed E-state index contributed by atoms with van der Waals surface area (Å²) >= 11 is 0. The Morgan fingerprint density at radius 2 is 1.74 bits per heavy atom. The molecule has 8 heteroatoms. The number of amides is 1. The summed E-state index contributed by atoms with van der Waals surface area (Å²) in [6.45, 7) is 2.79. The minimum absolute atomic E-state index is 0. The van der Waals surface area contributed by atoms with Gasteiger partial charge >= 0.3 is 0 Å². The van der Waals surface area contributed by atoms with Crippen LogP contribution in [0.25, 0.3) is 0 Å². The summed E-state index contributed by atoms with van der Waals surface area (Å²) in [4.78, 5) is 18.0. The standard InChI is InChI=1S/C23H30N4O3.HI/c1-24-23(26-15-19-10-11-20(29-2)13-21(19)30-3)25-14-17-6-8-18(9-7-17)16-27-12-4-5-22(27)28;/h6-11,13H,4-5,12,14-16H2,1-3H3,(H2,24,25,26);1H. The molecule has 1 aliphatic heterocycles. The van der Waals surface area contributed by atoms with E-state index in [4.69, 9.17) is 9.47 Å². The fourth-order valence-corrected chi connectivity index (χ4v) is 3.44. The lowest BCUT2D eigenvalue weighted by Gasteiger charge is -2.16. The van der Waals surface area contributed by atoms with Crippen LogP contribution in [-0.4, -0.2) is 44.6 Å². The van der Waals surface area contributed by atoms with Crippen LogP contribution < -0.4 is 20.1 Å². The quantitative estimate of drug-likeness (QED) is 0.307. The number of nitrogens with zero attached hydrogens (tertiary/aromatic N) is 2. The van der Waals surface area contributed by atoms with Gasteiger partial charge in [0.2, 0.25) is 5.91 Å². The molecule has 0 aliphatic carbocycles. The molecular weight excluding hydrogens is 507 g/mol. The van der Waals surface area contributed by atoms with Gasteiger partial charge in [0.05, 0.1) is 14.2 Å². The molecule has 1 heterocycles. The fourth-order valence-electron chi connectivity index (χ4n) is 3.44. The Bertz CT molecular complexity index is 887. The van der Waals surface area contributed by atoms with Gasteiger partial charge in [-0.1, -0.05) is 24.3 Å². The van der Waals surface area contributed by atoms with Gasteiger partial charge in [-0.3, -0.25) is 9.79 Å². The van der Waals surface area contributed by atoms with Crippen molar-refractivity contribution in [3.05, 3.63) is 59.2 Å². The number of carbonyl (C=O) groups is 1. The van der Waals surface area contributed by atoms with Crippen molar-refractivity contribution in [2.75, 3.05) is 27.8 Å². The van der Waals surface area contributed by atoms with Crippen molar-refractivity contribution in [1.29, 1.82) is 0 Å². The SMILES string of the molecule is CN=C(NCc1ccc(CN2CCCC2=O)cc1)NCc1ccc(OC)cc1OC.I. The van der Waals surface area contributed by atoms with Gasteiger partial charge in [-0.15, -0.1) is 24.0 Å². The number of nitrogens with one attached hydrogen (secondary N) is 2. The maximum Gasteiger partial charge on any atom is 0.222 e. The number of hydrogen-bond donors (Lipinski definition) is 2. The topological polar surface area (TPSA) is 75.2 Å². The third-order valence-electron chi connectivity index (χ3n) is 5.19. The van der Waals surface area contributed by atoms with Gasteiger partial charge in [0.1, 0.15) is 11.5 Å². The van der Waals surface area contributed by atoms with Crippen LogP contribution in [0.5, 0.6) is 11.5 Å². The number of aliphatic imine (C=N–C) groups is 1. The lowest BCUT2D eigenvalue weighted by Crippen LogP contribution is -2.36. The molecule has 1 amide bonds. The number of benzene rings is 2. The predicted molar refractivity (Wildman–Crippen MR) is 133 cm³/mol. The monoisotopic (exact) mass is 538 g/mol. The van der Waals surface area contributed by atoms with E-state index < -0.39 is 0 Å². The van der Waals surface area contributed by atoms with Gasteiger partial charge in [-0.2, -0.15) is 0 Å². The van der Waals surface area contributed by atoms with Crippen molar-refractivity contribution in [3.8, 4) is 11.5 Å². The van der Waals surface area contributed by atoms with Crippen LogP contribution in [0.15, 0.2) is 47.5 Å². The maximum atomic E-state index is 11.8. The van der Waals surface area contributed by atoms with Crippen LogP contribution in [-0.2, 0) is 24.4 Å². The number of halogens is 1. The molecule has 0 spiro atoms. The summed E-state index contributed by atoms with van der Waals surface area (Å²) in [6, 6.07) is 14.1. The molecule has 0 bridgehead atoms. The van der Waals surface area contributed by atoms with Crippen LogP contribution in [0.1, 0.15) is 29.5 Å². The zero-order chi connectivity index (χ0) is 21.3. The van der Waals surface area contributed by atoms with E-state index in [1.807, 2.05) is 23.1 Å². The summed E-state index contributed by atoms with van der Waals surface area (Å²) in [5.74, 6) is 2.49. The van der Waals surface area contributed by atoms with Gasteiger partial charge in [-0.25, -0.2) is 0 Å². The van der Waals surface area contributed by atoms with Crippen molar-refractivity contribution in [3.63, 3.8) is 0 Å². The lowest BCUT2D eigenvalue weighted by atomic mass is 10.1. The highest BCUT2D eigenvalue weighted by Gasteiger charge is 2.19. The summed E-state index contributed by atoms with van der Waals surface area (Å²) in [7, 11) is 5.03. The van der Waals surface area contributed by atoms with Gasteiger partial charge in [0, 0.05) is 51.3 Å². The Labute approximate surface area is 201 Å². The highest BCUT2D eigenvalue weighted by Crippen LogP contribution is 2.24. The molecule has 31 heavy (non-hydrogen) atoms. The Hall–Kier alpha value is -2.49. The highest BCUT2D eigenvalue weighted by atomic mass is 127. The third-order valence-corrected chi connectivity index (χ3v) is 5.19. The smallest absolute Gasteiger partial charge is 0.222 e. The van der Waals surface area contributed by atoms with E-state index in [2.05, 4.69) is 39.9 Å². The van der Waals surface area contributed by atoms with Crippen LogP contribution in [0.2, 0.25) is 0 Å². The number of likely N-dealkylation sites (tertiary alicyclic amines) is 1. The van der Waals surface area contributed by atoms with Gasteiger partial charge < -0.3 is 25.0 Å². The van der Waals surface area contributed by atoms with E-state index in [9.17, 15) is 4.79 Å². The Kier molecular flexibility index (Phi) is 9.90. The molecule has 1 saturated heterocycles. The van der Waals surface area contributed by atoms with Crippen LogP contribution in [0.3, 0.4) is 0 Å².